The van der Waals surface area contributed by atoms with Gasteiger partial charge in [0, 0.05) is 36.4 Å². The van der Waals surface area contributed by atoms with Crippen molar-refractivity contribution in [2.75, 3.05) is 6.61 Å². The van der Waals surface area contributed by atoms with Crippen LogP contribution in [0.4, 0.5) is 4.39 Å². The average molecular weight is 421 g/mol. The van der Waals surface area contributed by atoms with Crippen LogP contribution in [0.1, 0.15) is 17.7 Å². The van der Waals surface area contributed by atoms with Gasteiger partial charge in [0.25, 0.3) is 5.56 Å². The summed E-state index contributed by atoms with van der Waals surface area (Å²) in [5, 5.41) is 9.19. The van der Waals surface area contributed by atoms with Crippen molar-refractivity contribution in [3.05, 3.63) is 100 Å². The highest BCUT2D eigenvalue weighted by atomic mass is 31.1. The van der Waals surface area contributed by atoms with Crippen LogP contribution < -0.4 is 5.56 Å². The summed E-state index contributed by atoms with van der Waals surface area (Å²) in [6.07, 6.45) is 5.28. The molecule has 4 rings (SSSR count). The third kappa shape index (κ3) is 4.56. The number of halogens is 1. The molecule has 5 nitrogen and oxygen atoms in total. The molecule has 0 saturated carbocycles. The second-order valence-electron chi connectivity index (χ2n) is 6.97. The zero-order valence-corrected chi connectivity index (χ0v) is 17.2. The highest BCUT2D eigenvalue weighted by Crippen LogP contribution is 2.33. The van der Waals surface area contributed by atoms with E-state index in [1.165, 1.54) is 22.3 Å². The summed E-state index contributed by atoms with van der Waals surface area (Å²) < 4.78 is 19.4. The number of aliphatic hydroxyl groups excluding tert-OH is 1. The van der Waals surface area contributed by atoms with E-state index < -0.39 is 7.69 Å². The van der Waals surface area contributed by atoms with E-state index in [2.05, 4.69) is 21.9 Å². The van der Waals surface area contributed by atoms with E-state index in [1.807, 2.05) is 24.0 Å². The van der Waals surface area contributed by atoms with Crippen molar-refractivity contribution in [3.63, 3.8) is 0 Å². The van der Waals surface area contributed by atoms with Crippen molar-refractivity contribution in [3.8, 4) is 16.9 Å². The first-order valence-corrected chi connectivity index (χ1v) is 11.2. The van der Waals surface area contributed by atoms with Gasteiger partial charge in [0.15, 0.2) is 0 Å². The Hall–Kier alpha value is -3.08. The average Bonchev–Trinajstić information content (AvgIpc) is 3.22. The maximum Gasteiger partial charge on any atom is 0.281 e. The van der Waals surface area contributed by atoms with Crippen LogP contribution in [0.3, 0.4) is 0 Å². The van der Waals surface area contributed by atoms with Crippen molar-refractivity contribution in [2.24, 2.45) is 0 Å². The highest BCUT2D eigenvalue weighted by Gasteiger charge is 2.14. The maximum atomic E-state index is 13.3. The first kappa shape index (κ1) is 20.2. The van der Waals surface area contributed by atoms with E-state index in [0.29, 0.717) is 35.5 Å². The van der Waals surface area contributed by atoms with E-state index >= 15 is 0 Å². The number of aryl methyl sites for hydroxylation is 1. The summed E-state index contributed by atoms with van der Waals surface area (Å²) in [6.45, 7) is 0.0409. The number of aromatic nitrogens is 3. The molecule has 0 aliphatic heterocycles. The Bertz CT molecular complexity index is 1190. The lowest BCUT2D eigenvalue weighted by Gasteiger charge is -2.10. The van der Waals surface area contributed by atoms with Gasteiger partial charge in [0.1, 0.15) is 11.5 Å². The highest BCUT2D eigenvalue weighted by molar-refractivity contribution is 7.44. The van der Waals surface area contributed by atoms with E-state index in [4.69, 9.17) is 0 Å². The zero-order valence-electron chi connectivity index (χ0n) is 16.3. The minimum atomic E-state index is -0.756. The van der Waals surface area contributed by atoms with E-state index in [9.17, 15) is 14.3 Å². The van der Waals surface area contributed by atoms with Crippen LogP contribution in [-0.4, -0.2) is 26.0 Å². The van der Waals surface area contributed by atoms with Gasteiger partial charge < -0.3 is 5.11 Å². The number of aliphatic hydroxyl groups is 1. The standard InChI is InChI=1S/C23H21FN3O2P/c24-19-8-10-21(11-9-19)27-14-20(7-4-12-28)26-22(23(27)29)18-13-25-30(16-18)15-17-5-2-1-3-6-17/h1-3,5-6,8-11,13-14,16,28H,4,7,12,15H2. The lowest BCUT2D eigenvalue weighted by atomic mass is 10.2. The molecule has 2 heterocycles. The molecular weight excluding hydrogens is 400 g/mol. The van der Waals surface area contributed by atoms with Crippen LogP contribution >= 0.6 is 7.69 Å². The molecule has 1 N–H and O–H groups in total. The molecule has 152 valence electrons. The summed E-state index contributed by atoms with van der Waals surface area (Å²) in [4.78, 5) is 17.8. The molecule has 7 heteroatoms. The Balaban J connectivity index is 1.74. The molecule has 0 fully saturated rings. The summed E-state index contributed by atoms with van der Waals surface area (Å²) in [6, 6.07) is 15.9. The van der Waals surface area contributed by atoms with E-state index in [-0.39, 0.29) is 18.0 Å². The van der Waals surface area contributed by atoms with Gasteiger partial charge in [-0.1, -0.05) is 30.3 Å². The second-order valence-corrected chi connectivity index (χ2v) is 8.66. The fraction of sp³-hybridized carbons (Fsp3) is 0.174. The van der Waals surface area contributed by atoms with Crippen LogP contribution in [-0.2, 0) is 12.6 Å². The molecule has 0 radical (unpaired) electrons. The zero-order chi connectivity index (χ0) is 20.9. The van der Waals surface area contributed by atoms with Gasteiger partial charge in [0.2, 0.25) is 0 Å². The maximum absolute atomic E-state index is 13.3. The normalized spacial score (nSPS) is 11.6. The van der Waals surface area contributed by atoms with Crippen molar-refractivity contribution in [1.82, 2.24) is 14.3 Å². The summed E-state index contributed by atoms with van der Waals surface area (Å²) >= 11 is 0. The topological polar surface area (TPSA) is 68.0 Å². The molecular formula is C23H21FN3O2P. The Morgan fingerprint density at radius 2 is 1.83 bits per heavy atom. The summed E-state index contributed by atoms with van der Waals surface area (Å²) in [5.74, 6) is 1.66. The largest absolute Gasteiger partial charge is 0.396 e. The molecule has 0 saturated heterocycles. The first-order chi connectivity index (χ1) is 14.6. The third-order valence-electron chi connectivity index (χ3n) is 4.74. The second kappa shape index (κ2) is 9.16. The van der Waals surface area contributed by atoms with Crippen LogP contribution in [0.2, 0.25) is 0 Å². The smallest absolute Gasteiger partial charge is 0.281 e. The molecule has 1 atom stereocenters. The third-order valence-corrected chi connectivity index (χ3v) is 6.42. The Morgan fingerprint density at radius 3 is 2.57 bits per heavy atom. The quantitative estimate of drug-likeness (QED) is 0.481. The number of benzene rings is 2. The van der Waals surface area contributed by atoms with Crippen LogP contribution in [0.15, 0.2) is 77.6 Å². The molecule has 0 spiro atoms. The van der Waals surface area contributed by atoms with Gasteiger partial charge in [-0.05, 0) is 56.2 Å². The Labute approximate surface area is 174 Å². The minimum Gasteiger partial charge on any atom is -0.396 e. The first-order valence-electron chi connectivity index (χ1n) is 9.70. The number of hydrogen-bond acceptors (Lipinski definition) is 4. The number of hydrogen-bond donors (Lipinski definition) is 1. The van der Waals surface area contributed by atoms with Crippen LogP contribution in [0, 0.1) is 5.82 Å². The molecule has 0 amide bonds. The molecule has 4 aromatic rings. The summed E-state index contributed by atoms with van der Waals surface area (Å²) in [7, 11) is -0.756. The predicted molar refractivity (Wildman–Crippen MR) is 117 cm³/mol. The van der Waals surface area contributed by atoms with Crippen LogP contribution in [0.25, 0.3) is 16.9 Å². The van der Waals surface area contributed by atoms with Gasteiger partial charge in [-0.2, -0.15) is 0 Å². The SMILES string of the molecule is O=c1c(-c2cnp(Cc3ccccc3)c2)nc(CCCO)cn1-c1ccc(F)cc1. The van der Waals surface area contributed by atoms with Crippen LogP contribution in [0.5, 0.6) is 0 Å². The van der Waals surface area contributed by atoms with Crippen molar-refractivity contribution >= 4 is 7.69 Å². The lowest BCUT2D eigenvalue weighted by molar-refractivity contribution is 0.288. The van der Waals surface area contributed by atoms with Gasteiger partial charge in [-0.25, -0.2) is 14.1 Å². The predicted octanol–water partition coefficient (Wildman–Crippen LogP) is 4.39. The minimum absolute atomic E-state index is 0.0409. The van der Waals surface area contributed by atoms with E-state index in [1.54, 1.807) is 24.5 Å². The van der Waals surface area contributed by atoms with Crippen molar-refractivity contribution in [1.29, 1.82) is 0 Å². The van der Waals surface area contributed by atoms with Crippen molar-refractivity contribution in [2.45, 2.75) is 19.0 Å². The Morgan fingerprint density at radius 1 is 1.07 bits per heavy atom. The van der Waals surface area contributed by atoms with E-state index in [0.717, 1.165) is 6.16 Å². The van der Waals surface area contributed by atoms with Gasteiger partial charge in [-0.3, -0.25) is 9.36 Å². The summed E-state index contributed by atoms with van der Waals surface area (Å²) in [5.41, 5.74) is 3.23. The number of rotatable bonds is 7. The molecule has 0 aliphatic rings. The van der Waals surface area contributed by atoms with Gasteiger partial charge in [-0.15, -0.1) is 0 Å². The fourth-order valence-electron chi connectivity index (χ4n) is 3.25. The molecule has 1 unspecified atom stereocenters. The molecule has 2 aromatic heterocycles. The van der Waals surface area contributed by atoms with Gasteiger partial charge >= 0.3 is 0 Å². The fourth-order valence-corrected chi connectivity index (χ4v) is 4.85. The number of nitrogens with zero attached hydrogens (tertiary/aromatic N) is 3. The molecule has 30 heavy (non-hydrogen) atoms. The molecule has 0 aliphatic carbocycles. The monoisotopic (exact) mass is 421 g/mol. The molecule has 0 bridgehead atoms. The van der Waals surface area contributed by atoms with Gasteiger partial charge in [0.05, 0.1) is 5.69 Å². The molecule has 2 aromatic carbocycles. The Kier molecular flexibility index (Phi) is 6.17. The van der Waals surface area contributed by atoms with Crippen molar-refractivity contribution < 1.29 is 9.50 Å². The lowest BCUT2D eigenvalue weighted by Crippen LogP contribution is -2.22.